The Morgan fingerprint density at radius 3 is 2.52 bits per heavy atom. The molecule has 6 heteroatoms. The number of halogens is 1. The van der Waals surface area contributed by atoms with E-state index >= 15 is 0 Å². The van der Waals surface area contributed by atoms with E-state index in [0.29, 0.717) is 12.1 Å². The summed E-state index contributed by atoms with van der Waals surface area (Å²) in [5, 5.41) is 5.97. The van der Waals surface area contributed by atoms with Gasteiger partial charge in [0.25, 0.3) is 5.91 Å². The maximum Gasteiger partial charge on any atom is 0.253 e. The Balaban J connectivity index is 1.83. The lowest BCUT2D eigenvalue weighted by Gasteiger charge is -2.11. The summed E-state index contributed by atoms with van der Waals surface area (Å²) < 4.78 is 12.8. The number of rotatable bonds is 7. The van der Waals surface area contributed by atoms with Gasteiger partial charge in [-0.15, -0.1) is 0 Å². The molecule has 5 nitrogen and oxygen atoms in total. The molecule has 0 fully saturated rings. The first-order valence-corrected chi connectivity index (χ1v) is 7.42. The van der Waals surface area contributed by atoms with Crippen LogP contribution in [-0.4, -0.2) is 43.0 Å². The molecular weight excluding hydrogens is 295 g/mol. The molecule has 0 spiro atoms. The number of nitrogens with one attached hydrogen (secondary N) is 2. The molecule has 1 heterocycles. The van der Waals surface area contributed by atoms with Crippen molar-refractivity contribution in [2.24, 2.45) is 0 Å². The van der Waals surface area contributed by atoms with E-state index in [1.54, 1.807) is 24.3 Å². The molecule has 1 amide bonds. The highest BCUT2D eigenvalue weighted by Crippen LogP contribution is 2.06. The number of pyridine rings is 1. The first kappa shape index (κ1) is 16.9. The molecule has 0 aliphatic carbocycles. The first-order valence-electron chi connectivity index (χ1n) is 7.42. The lowest BCUT2D eigenvalue weighted by Crippen LogP contribution is -2.23. The Kier molecular flexibility index (Phi) is 6.05. The van der Waals surface area contributed by atoms with Crippen molar-refractivity contribution in [3.63, 3.8) is 0 Å². The van der Waals surface area contributed by atoms with Gasteiger partial charge in [0.15, 0.2) is 0 Å². The minimum absolute atomic E-state index is 0.207. The SMILES string of the molecule is CN(C)CCNc1ccc(C(=O)NCc2ccc(F)cc2)cn1. The van der Waals surface area contributed by atoms with E-state index in [1.807, 2.05) is 14.1 Å². The molecule has 0 unspecified atom stereocenters. The number of hydrogen-bond acceptors (Lipinski definition) is 4. The minimum Gasteiger partial charge on any atom is -0.369 e. The summed E-state index contributed by atoms with van der Waals surface area (Å²) in [6, 6.07) is 9.54. The van der Waals surface area contributed by atoms with Gasteiger partial charge in [0, 0.05) is 25.8 Å². The topological polar surface area (TPSA) is 57.3 Å². The van der Waals surface area contributed by atoms with Crippen LogP contribution in [-0.2, 0) is 6.54 Å². The zero-order valence-electron chi connectivity index (χ0n) is 13.3. The lowest BCUT2D eigenvalue weighted by atomic mass is 10.2. The number of hydrogen-bond donors (Lipinski definition) is 2. The smallest absolute Gasteiger partial charge is 0.253 e. The van der Waals surface area contributed by atoms with Gasteiger partial charge in [-0.1, -0.05) is 12.1 Å². The average molecular weight is 316 g/mol. The van der Waals surface area contributed by atoms with Crippen LogP contribution in [0.25, 0.3) is 0 Å². The van der Waals surface area contributed by atoms with Crippen LogP contribution < -0.4 is 10.6 Å². The number of carbonyl (C=O) groups excluding carboxylic acids is 1. The number of nitrogens with zero attached hydrogens (tertiary/aromatic N) is 2. The van der Waals surface area contributed by atoms with Gasteiger partial charge in [0.2, 0.25) is 0 Å². The normalized spacial score (nSPS) is 10.6. The second-order valence-electron chi connectivity index (χ2n) is 5.47. The predicted molar refractivity (Wildman–Crippen MR) is 88.9 cm³/mol. The van der Waals surface area contributed by atoms with Crippen LogP contribution in [0.3, 0.4) is 0 Å². The zero-order chi connectivity index (χ0) is 16.7. The summed E-state index contributed by atoms with van der Waals surface area (Å²) >= 11 is 0. The third-order valence-electron chi connectivity index (χ3n) is 3.26. The van der Waals surface area contributed by atoms with Gasteiger partial charge in [-0.2, -0.15) is 0 Å². The van der Waals surface area contributed by atoms with Crippen molar-refractivity contribution in [2.75, 3.05) is 32.5 Å². The molecule has 122 valence electrons. The second-order valence-corrected chi connectivity index (χ2v) is 5.47. The number of amides is 1. The van der Waals surface area contributed by atoms with Crippen LogP contribution in [0.5, 0.6) is 0 Å². The monoisotopic (exact) mass is 316 g/mol. The Labute approximate surface area is 135 Å². The van der Waals surface area contributed by atoms with Crippen molar-refractivity contribution >= 4 is 11.7 Å². The summed E-state index contributed by atoms with van der Waals surface area (Å²) in [6.07, 6.45) is 1.54. The van der Waals surface area contributed by atoms with Gasteiger partial charge in [-0.05, 0) is 43.9 Å². The molecular formula is C17H21FN4O. The third-order valence-corrected chi connectivity index (χ3v) is 3.26. The quantitative estimate of drug-likeness (QED) is 0.821. The fourth-order valence-corrected chi connectivity index (χ4v) is 1.93. The third kappa shape index (κ3) is 5.67. The van der Waals surface area contributed by atoms with E-state index in [4.69, 9.17) is 0 Å². The van der Waals surface area contributed by atoms with Crippen molar-refractivity contribution in [3.8, 4) is 0 Å². The van der Waals surface area contributed by atoms with Crippen LogP contribution in [0.2, 0.25) is 0 Å². The summed E-state index contributed by atoms with van der Waals surface area (Å²) in [5.41, 5.74) is 1.33. The average Bonchev–Trinajstić information content (AvgIpc) is 2.54. The molecule has 1 aromatic heterocycles. The van der Waals surface area contributed by atoms with Crippen LogP contribution >= 0.6 is 0 Å². The molecule has 0 saturated carbocycles. The van der Waals surface area contributed by atoms with Gasteiger partial charge in [0.1, 0.15) is 11.6 Å². The fraction of sp³-hybridized carbons (Fsp3) is 0.294. The Hall–Kier alpha value is -2.47. The largest absolute Gasteiger partial charge is 0.369 e. The number of benzene rings is 1. The molecule has 0 bridgehead atoms. The van der Waals surface area contributed by atoms with Crippen molar-refractivity contribution < 1.29 is 9.18 Å². The van der Waals surface area contributed by atoms with E-state index < -0.39 is 0 Å². The van der Waals surface area contributed by atoms with E-state index in [0.717, 1.165) is 24.5 Å². The molecule has 2 N–H and O–H groups in total. The van der Waals surface area contributed by atoms with E-state index in [2.05, 4.69) is 20.5 Å². The minimum atomic E-state index is -0.290. The van der Waals surface area contributed by atoms with Crippen LogP contribution in [0.4, 0.5) is 10.2 Å². The van der Waals surface area contributed by atoms with E-state index in [-0.39, 0.29) is 11.7 Å². The van der Waals surface area contributed by atoms with E-state index in [1.165, 1.54) is 18.3 Å². The molecule has 2 aromatic rings. The van der Waals surface area contributed by atoms with Gasteiger partial charge < -0.3 is 15.5 Å². The lowest BCUT2D eigenvalue weighted by molar-refractivity contribution is 0.0950. The summed E-state index contributed by atoms with van der Waals surface area (Å²) in [4.78, 5) is 18.3. The Bertz CT molecular complexity index is 626. The fourth-order valence-electron chi connectivity index (χ4n) is 1.93. The standard InChI is InChI=1S/C17H21FN4O/c1-22(2)10-9-19-16-8-5-14(12-20-16)17(23)21-11-13-3-6-15(18)7-4-13/h3-8,12H,9-11H2,1-2H3,(H,19,20)(H,21,23). The van der Waals surface area contributed by atoms with Gasteiger partial charge in [-0.3, -0.25) is 4.79 Å². The first-order chi connectivity index (χ1) is 11.0. The van der Waals surface area contributed by atoms with Gasteiger partial charge >= 0.3 is 0 Å². The van der Waals surface area contributed by atoms with Crippen LogP contribution in [0, 0.1) is 5.82 Å². The van der Waals surface area contributed by atoms with E-state index in [9.17, 15) is 9.18 Å². The number of aromatic nitrogens is 1. The molecule has 0 radical (unpaired) electrons. The van der Waals surface area contributed by atoms with Crippen LogP contribution in [0.15, 0.2) is 42.6 Å². The molecule has 0 aliphatic rings. The van der Waals surface area contributed by atoms with Gasteiger partial charge in [0.05, 0.1) is 5.56 Å². The van der Waals surface area contributed by atoms with Gasteiger partial charge in [-0.25, -0.2) is 9.37 Å². The molecule has 2 rings (SSSR count). The molecule has 0 aliphatic heterocycles. The summed E-state index contributed by atoms with van der Waals surface area (Å²) in [6.45, 7) is 2.04. The number of likely N-dealkylation sites (N-methyl/N-ethyl adjacent to an activating group) is 1. The van der Waals surface area contributed by atoms with Crippen molar-refractivity contribution in [3.05, 3.63) is 59.5 Å². The summed E-state index contributed by atoms with van der Waals surface area (Å²) in [5.74, 6) is 0.241. The molecule has 0 atom stereocenters. The highest BCUT2D eigenvalue weighted by molar-refractivity contribution is 5.93. The van der Waals surface area contributed by atoms with Crippen molar-refractivity contribution in [1.82, 2.24) is 15.2 Å². The van der Waals surface area contributed by atoms with Crippen molar-refractivity contribution in [1.29, 1.82) is 0 Å². The highest BCUT2D eigenvalue weighted by atomic mass is 19.1. The molecule has 0 saturated heterocycles. The zero-order valence-corrected chi connectivity index (χ0v) is 13.3. The maximum absolute atomic E-state index is 12.8. The van der Waals surface area contributed by atoms with Crippen LogP contribution in [0.1, 0.15) is 15.9 Å². The number of carbonyl (C=O) groups is 1. The number of anilines is 1. The predicted octanol–water partition coefficient (Wildman–Crippen LogP) is 2.12. The van der Waals surface area contributed by atoms with Crippen molar-refractivity contribution in [2.45, 2.75) is 6.54 Å². The molecule has 23 heavy (non-hydrogen) atoms. The summed E-state index contributed by atoms with van der Waals surface area (Å²) in [7, 11) is 4.01. The maximum atomic E-state index is 12.8. The highest BCUT2D eigenvalue weighted by Gasteiger charge is 2.06. The second kappa shape index (κ2) is 8.24. The Morgan fingerprint density at radius 2 is 1.91 bits per heavy atom. The Morgan fingerprint density at radius 1 is 1.17 bits per heavy atom. The molecule has 1 aromatic carbocycles.